The highest BCUT2D eigenvalue weighted by Gasteiger charge is 2.30. The van der Waals surface area contributed by atoms with E-state index in [0.717, 1.165) is 24.1 Å². The smallest absolute Gasteiger partial charge is 0.368 e. The Balaban J connectivity index is 1.47. The lowest BCUT2D eigenvalue weighted by Crippen LogP contribution is -2.34. The molecule has 0 saturated carbocycles. The second kappa shape index (κ2) is 9.62. The minimum atomic E-state index is -4.43. The van der Waals surface area contributed by atoms with Crippen LogP contribution in [0.2, 0.25) is 0 Å². The summed E-state index contributed by atoms with van der Waals surface area (Å²) in [7, 11) is 0. The molecule has 0 spiro atoms. The Morgan fingerprint density at radius 3 is 2.30 bits per heavy atom. The van der Waals surface area contributed by atoms with Crippen LogP contribution in [0.25, 0.3) is 0 Å². The molecule has 2 aromatic carbocycles. The van der Waals surface area contributed by atoms with E-state index in [4.69, 9.17) is 4.74 Å². The number of urea groups is 1. The van der Waals surface area contributed by atoms with Gasteiger partial charge in [-0.3, -0.25) is 4.79 Å². The number of hydrogen-bond donors (Lipinski definition) is 3. The Morgan fingerprint density at radius 2 is 1.67 bits per heavy atom. The molecule has 1 fully saturated rings. The van der Waals surface area contributed by atoms with Crippen LogP contribution in [-0.2, 0) is 28.8 Å². The number of rotatable bonds is 6. The summed E-state index contributed by atoms with van der Waals surface area (Å²) in [6, 6.07) is 11.3. The zero-order chi connectivity index (χ0) is 21.6. The van der Waals surface area contributed by atoms with Gasteiger partial charge in [-0.2, -0.15) is 13.2 Å². The van der Waals surface area contributed by atoms with Gasteiger partial charge >= 0.3 is 12.2 Å². The van der Waals surface area contributed by atoms with Gasteiger partial charge in [0.2, 0.25) is 0 Å². The van der Waals surface area contributed by atoms with Gasteiger partial charge in [-0.05, 0) is 48.2 Å². The fourth-order valence-electron chi connectivity index (χ4n) is 3.05. The summed E-state index contributed by atoms with van der Waals surface area (Å²) in [6.07, 6.45) is -3.31. The molecule has 3 amide bonds. The molecule has 2 aromatic rings. The summed E-state index contributed by atoms with van der Waals surface area (Å²) in [5.41, 5.74) is 0.941. The number of anilines is 1. The Kier molecular flexibility index (Phi) is 6.94. The second-order valence-corrected chi connectivity index (χ2v) is 6.93. The molecule has 30 heavy (non-hydrogen) atoms. The van der Waals surface area contributed by atoms with E-state index in [1.54, 1.807) is 24.3 Å². The first-order valence-corrected chi connectivity index (χ1v) is 9.50. The van der Waals surface area contributed by atoms with E-state index in [2.05, 4.69) is 16.0 Å². The summed E-state index contributed by atoms with van der Waals surface area (Å²) in [4.78, 5) is 24.1. The zero-order valence-corrected chi connectivity index (χ0v) is 16.1. The molecule has 3 N–H and O–H groups in total. The average molecular weight is 421 g/mol. The van der Waals surface area contributed by atoms with Crippen molar-refractivity contribution >= 4 is 17.6 Å². The van der Waals surface area contributed by atoms with Crippen molar-refractivity contribution in [1.82, 2.24) is 10.6 Å². The molecule has 1 unspecified atom stereocenters. The fourth-order valence-corrected chi connectivity index (χ4v) is 3.05. The number of ether oxygens (including phenoxy) is 1. The highest BCUT2D eigenvalue weighted by Crippen LogP contribution is 2.29. The van der Waals surface area contributed by atoms with Crippen LogP contribution >= 0.6 is 0 Å². The molecule has 1 heterocycles. The monoisotopic (exact) mass is 421 g/mol. The van der Waals surface area contributed by atoms with E-state index in [-0.39, 0.29) is 19.0 Å². The number of carbonyl (C=O) groups is 2. The number of halogens is 3. The quantitative estimate of drug-likeness (QED) is 0.664. The van der Waals surface area contributed by atoms with Crippen molar-refractivity contribution in [3.63, 3.8) is 0 Å². The topological polar surface area (TPSA) is 79.5 Å². The molecule has 0 radical (unpaired) electrons. The van der Waals surface area contributed by atoms with Gasteiger partial charge in [0.1, 0.15) is 6.10 Å². The molecular weight excluding hydrogens is 399 g/mol. The number of benzene rings is 2. The van der Waals surface area contributed by atoms with Gasteiger partial charge in [-0.1, -0.05) is 24.3 Å². The Morgan fingerprint density at radius 1 is 1.00 bits per heavy atom. The van der Waals surface area contributed by atoms with Crippen molar-refractivity contribution in [3.8, 4) is 0 Å². The van der Waals surface area contributed by atoms with Gasteiger partial charge in [-0.25, -0.2) is 4.79 Å². The summed E-state index contributed by atoms with van der Waals surface area (Å²) in [5, 5.41) is 7.96. The van der Waals surface area contributed by atoms with Gasteiger partial charge in [0.25, 0.3) is 5.91 Å². The van der Waals surface area contributed by atoms with Crippen molar-refractivity contribution in [3.05, 3.63) is 65.2 Å². The van der Waals surface area contributed by atoms with E-state index in [1.807, 2.05) is 0 Å². The molecule has 6 nitrogen and oxygen atoms in total. The number of alkyl halides is 3. The SMILES string of the molecule is O=C(NCc1cccc(NC(=O)C2CCCO2)c1)NCc1cccc(C(F)(F)F)c1. The van der Waals surface area contributed by atoms with Crippen LogP contribution in [0.3, 0.4) is 0 Å². The summed E-state index contributed by atoms with van der Waals surface area (Å²) in [6.45, 7) is 0.739. The van der Waals surface area contributed by atoms with E-state index < -0.39 is 23.9 Å². The molecule has 1 aliphatic heterocycles. The predicted molar refractivity (Wildman–Crippen MR) is 105 cm³/mol. The average Bonchev–Trinajstić information content (AvgIpc) is 3.26. The van der Waals surface area contributed by atoms with Crippen LogP contribution in [0.1, 0.15) is 29.5 Å². The molecule has 0 aliphatic carbocycles. The number of carbonyl (C=O) groups excluding carboxylic acids is 2. The van der Waals surface area contributed by atoms with Crippen LogP contribution in [0.4, 0.5) is 23.7 Å². The van der Waals surface area contributed by atoms with Crippen molar-refractivity contribution < 1.29 is 27.5 Å². The van der Waals surface area contributed by atoms with E-state index in [9.17, 15) is 22.8 Å². The predicted octanol–water partition coefficient (Wildman–Crippen LogP) is 3.82. The van der Waals surface area contributed by atoms with Gasteiger partial charge < -0.3 is 20.7 Å². The summed E-state index contributed by atoms with van der Waals surface area (Å²) < 4.78 is 43.6. The molecule has 160 valence electrons. The molecule has 1 atom stereocenters. The fraction of sp³-hybridized carbons (Fsp3) is 0.333. The molecule has 0 aromatic heterocycles. The van der Waals surface area contributed by atoms with Gasteiger partial charge in [0, 0.05) is 25.4 Å². The first kappa shape index (κ1) is 21.6. The maximum atomic E-state index is 12.7. The Bertz CT molecular complexity index is 896. The lowest BCUT2D eigenvalue weighted by Gasteiger charge is -2.12. The third-order valence-corrected chi connectivity index (χ3v) is 4.58. The summed E-state index contributed by atoms with van der Waals surface area (Å²) in [5.74, 6) is -0.198. The van der Waals surface area contributed by atoms with Crippen molar-refractivity contribution in [2.75, 3.05) is 11.9 Å². The molecule has 9 heteroatoms. The van der Waals surface area contributed by atoms with Crippen LogP contribution in [0, 0.1) is 0 Å². The Hall–Kier alpha value is -3.07. The first-order chi connectivity index (χ1) is 14.3. The lowest BCUT2D eigenvalue weighted by atomic mass is 10.1. The molecule has 1 aliphatic rings. The second-order valence-electron chi connectivity index (χ2n) is 6.93. The van der Waals surface area contributed by atoms with Crippen LogP contribution in [-0.4, -0.2) is 24.6 Å². The van der Waals surface area contributed by atoms with Gasteiger partial charge in [0.15, 0.2) is 0 Å². The molecule has 0 bridgehead atoms. The first-order valence-electron chi connectivity index (χ1n) is 9.50. The minimum absolute atomic E-state index is 0.0345. The number of hydrogen-bond acceptors (Lipinski definition) is 3. The highest BCUT2D eigenvalue weighted by atomic mass is 19.4. The molecule has 1 saturated heterocycles. The van der Waals surface area contributed by atoms with Crippen LogP contribution < -0.4 is 16.0 Å². The molecular formula is C21H22F3N3O3. The van der Waals surface area contributed by atoms with Crippen molar-refractivity contribution in [2.45, 2.75) is 38.2 Å². The largest absolute Gasteiger partial charge is 0.416 e. The lowest BCUT2D eigenvalue weighted by molar-refractivity contribution is -0.137. The van der Waals surface area contributed by atoms with Crippen LogP contribution in [0.5, 0.6) is 0 Å². The maximum absolute atomic E-state index is 12.7. The van der Waals surface area contributed by atoms with Crippen molar-refractivity contribution in [1.29, 1.82) is 0 Å². The van der Waals surface area contributed by atoms with E-state index >= 15 is 0 Å². The minimum Gasteiger partial charge on any atom is -0.368 e. The number of nitrogens with one attached hydrogen (secondary N) is 3. The van der Waals surface area contributed by atoms with Crippen molar-refractivity contribution in [2.24, 2.45) is 0 Å². The maximum Gasteiger partial charge on any atom is 0.416 e. The highest BCUT2D eigenvalue weighted by molar-refractivity contribution is 5.94. The number of amides is 3. The summed E-state index contributed by atoms with van der Waals surface area (Å²) >= 11 is 0. The van der Waals surface area contributed by atoms with E-state index in [1.165, 1.54) is 12.1 Å². The zero-order valence-electron chi connectivity index (χ0n) is 16.1. The van der Waals surface area contributed by atoms with Gasteiger partial charge in [0.05, 0.1) is 5.56 Å². The standard InChI is InChI=1S/C21H22F3N3O3/c22-21(23,24)16-6-1-4-14(10-16)12-25-20(29)26-13-15-5-2-7-17(11-15)27-19(28)18-8-3-9-30-18/h1-2,4-7,10-11,18H,3,8-9,12-13H2,(H,27,28)(H2,25,26,29). The molecule has 3 rings (SSSR count). The van der Waals surface area contributed by atoms with E-state index in [0.29, 0.717) is 24.3 Å². The third kappa shape index (κ3) is 6.21. The van der Waals surface area contributed by atoms with Crippen LogP contribution in [0.15, 0.2) is 48.5 Å². The Labute approximate surface area is 171 Å². The van der Waals surface area contributed by atoms with Gasteiger partial charge in [-0.15, -0.1) is 0 Å². The normalized spacial score (nSPS) is 16.2. The third-order valence-electron chi connectivity index (χ3n) is 4.58.